The zero-order valence-corrected chi connectivity index (χ0v) is 28.8. The van der Waals surface area contributed by atoms with Crippen molar-refractivity contribution < 1.29 is 23.3 Å². The molecule has 0 aliphatic heterocycles. The number of nitrogens with zero attached hydrogens (tertiary/aromatic N) is 2. The highest BCUT2D eigenvalue weighted by Crippen LogP contribution is 2.33. The number of aromatic nitrogens is 1. The normalized spacial score (nSPS) is 16.2. The highest BCUT2D eigenvalue weighted by atomic mass is 32.2. The fourth-order valence-electron chi connectivity index (χ4n) is 5.15. The van der Waals surface area contributed by atoms with E-state index in [1.54, 1.807) is 20.8 Å². The number of thiazole rings is 1. The molecule has 1 atom stereocenters. The van der Waals surface area contributed by atoms with Gasteiger partial charge in [0.25, 0.3) is 5.91 Å². The first-order valence-corrected chi connectivity index (χ1v) is 17.6. The zero-order chi connectivity index (χ0) is 31.5. The van der Waals surface area contributed by atoms with Crippen molar-refractivity contribution in [2.24, 2.45) is 4.36 Å². The van der Waals surface area contributed by atoms with Gasteiger partial charge in [0.15, 0.2) is 0 Å². The van der Waals surface area contributed by atoms with Crippen molar-refractivity contribution in [3.63, 3.8) is 0 Å². The topological polar surface area (TPSA) is 94.9 Å². The Balaban J connectivity index is 2.01. The van der Waals surface area contributed by atoms with Crippen LogP contribution in [-0.4, -0.2) is 38.5 Å². The van der Waals surface area contributed by atoms with Gasteiger partial charge in [-0.15, -0.1) is 11.3 Å². The third-order valence-electron chi connectivity index (χ3n) is 7.16. The van der Waals surface area contributed by atoms with E-state index in [0.717, 1.165) is 40.1 Å². The fraction of sp³-hybridized carbons (Fsp3) is 0.667. The van der Waals surface area contributed by atoms with Gasteiger partial charge in [0.1, 0.15) is 25.3 Å². The Bertz CT molecular complexity index is 1350. The van der Waals surface area contributed by atoms with Crippen LogP contribution in [0.2, 0.25) is 0 Å². The van der Waals surface area contributed by atoms with Gasteiger partial charge in [-0.05, 0) is 67.7 Å². The summed E-state index contributed by atoms with van der Waals surface area (Å²) in [5.74, 6) is -1.36. The molecule has 1 aromatic heterocycles. The Morgan fingerprint density at radius 3 is 2.07 bits per heavy atom. The summed E-state index contributed by atoms with van der Waals surface area (Å²) in [6.07, 6.45) is 6.48. The van der Waals surface area contributed by atoms with Crippen LogP contribution in [-0.2, 0) is 47.2 Å². The molecule has 1 aromatic carbocycles. The van der Waals surface area contributed by atoms with E-state index in [4.69, 9.17) is 9.47 Å². The molecule has 1 heterocycles. The molecular weight excluding hydrogens is 569 g/mol. The summed E-state index contributed by atoms with van der Waals surface area (Å²) >= 11 is 1.23. The Morgan fingerprint density at radius 2 is 1.60 bits per heavy atom. The lowest BCUT2D eigenvalue weighted by atomic mass is 9.85. The molecule has 234 valence electrons. The van der Waals surface area contributed by atoms with Crippen molar-refractivity contribution >= 4 is 32.9 Å². The lowest BCUT2D eigenvalue weighted by molar-refractivity contribution is -0.151. The molecule has 0 spiro atoms. The number of ether oxygens (including phenoxy) is 2. The Hall–Kier alpha value is -2.10. The SMILES string of the molecule is CC(C)c1cc(COC2CCCC2)cc(C(C)C)c1CC(=O)N=S(=O)(CC(=O)OC(C)(C)C)c1cnc(C(C)(C)C)s1. The quantitative estimate of drug-likeness (QED) is 0.250. The summed E-state index contributed by atoms with van der Waals surface area (Å²) < 4.78 is 30.7. The molecule has 0 N–H and O–H groups in total. The number of esters is 1. The maximum Gasteiger partial charge on any atom is 0.320 e. The summed E-state index contributed by atoms with van der Waals surface area (Å²) in [7, 11) is -3.45. The van der Waals surface area contributed by atoms with Crippen LogP contribution in [0.1, 0.15) is 134 Å². The van der Waals surface area contributed by atoms with E-state index in [1.807, 2.05) is 20.8 Å². The number of carbonyl (C=O) groups excluding carboxylic acids is 2. The van der Waals surface area contributed by atoms with Crippen molar-refractivity contribution in [3.8, 4) is 0 Å². The van der Waals surface area contributed by atoms with Crippen LogP contribution in [0.25, 0.3) is 0 Å². The van der Waals surface area contributed by atoms with E-state index in [0.29, 0.717) is 16.9 Å². The molecule has 1 aliphatic rings. The molecule has 0 radical (unpaired) electrons. The highest BCUT2D eigenvalue weighted by Gasteiger charge is 2.29. The first kappa shape index (κ1) is 34.4. The fourth-order valence-corrected chi connectivity index (χ4v) is 8.19. The average Bonchev–Trinajstić information content (AvgIpc) is 3.54. The van der Waals surface area contributed by atoms with Gasteiger partial charge < -0.3 is 9.47 Å². The predicted octanol–water partition coefficient (Wildman–Crippen LogP) is 8.08. The second-order valence-electron chi connectivity index (χ2n) is 14.0. The number of hydrogen-bond acceptors (Lipinski definition) is 7. The molecule has 1 saturated carbocycles. The average molecular weight is 619 g/mol. The molecule has 9 heteroatoms. The molecule has 1 fully saturated rings. The number of carbonyl (C=O) groups is 2. The molecule has 1 amide bonds. The van der Waals surface area contributed by atoms with Gasteiger partial charge in [-0.2, -0.15) is 4.36 Å². The van der Waals surface area contributed by atoms with E-state index in [2.05, 4.69) is 49.2 Å². The van der Waals surface area contributed by atoms with Gasteiger partial charge in [0.2, 0.25) is 0 Å². The van der Waals surface area contributed by atoms with E-state index in [-0.39, 0.29) is 23.7 Å². The molecular formula is C33H50N2O5S2. The molecule has 1 unspecified atom stereocenters. The summed E-state index contributed by atoms with van der Waals surface area (Å²) in [5.41, 5.74) is 3.13. The van der Waals surface area contributed by atoms with Crippen LogP contribution in [0.15, 0.2) is 26.9 Å². The lowest BCUT2D eigenvalue weighted by Crippen LogP contribution is -2.28. The molecule has 1 aliphatic carbocycles. The van der Waals surface area contributed by atoms with Crippen LogP contribution in [0.4, 0.5) is 0 Å². The van der Waals surface area contributed by atoms with Gasteiger partial charge in [0.05, 0.1) is 30.3 Å². The third-order valence-corrected chi connectivity index (χ3v) is 11.3. The van der Waals surface area contributed by atoms with Gasteiger partial charge in [-0.1, -0.05) is 73.4 Å². The minimum atomic E-state index is -3.45. The minimum Gasteiger partial charge on any atom is -0.459 e. The monoisotopic (exact) mass is 618 g/mol. The standard InChI is InChI=1S/C33H50N2O5S2/c1-21(2)25-15-23(19-39-24-13-11-12-14-24)16-26(22(3)4)27(25)17-28(36)35-42(38,20-29(37)40-33(8,9)10)30-18-34-31(41-30)32(5,6)7/h15-16,18,21-22,24H,11-14,17,19-20H2,1-10H3. The van der Waals surface area contributed by atoms with Crippen LogP contribution in [0.3, 0.4) is 0 Å². The van der Waals surface area contributed by atoms with Crippen LogP contribution >= 0.6 is 11.3 Å². The smallest absolute Gasteiger partial charge is 0.320 e. The summed E-state index contributed by atoms with van der Waals surface area (Å²) in [6, 6.07) is 4.29. The zero-order valence-electron chi connectivity index (χ0n) is 27.2. The molecule has 0 saturated heterocycles. The Labute approximate surface area is 257 Å². The van der Waals surface area contributed by atoms with Crippen molar-refractivity contribution in [2.45, 2.75) is 141 Å². The largest absolute Gasteiger partial charge is 0.459 e. The van der Waals surface area contributed by atoms with Crippen molar-refractivity contribution in [1.29, 1.82) is 0 Å². The lowest BCUT2D eigenvalue weighted by Gasteiger charge is -2.22. The summed E-state index contributed by atoms with van der Waals surface area (Å²) in [5, 5.41) is 0.761. The molecule has 3 rings (SSSR count). The van der Waals surface area contributed by atoms with Crippen molar-refractivity contribution in [2.75, 3.05) is 5.75 Å². The van der Waals surface area contributed by atoms with Crippen molar-refractivity contribution in [3.05, 3.63) is 45.6 Å². The number of benzene rings is 1. The maximum atomic E-state index is 14.4. The number of amides is 1. The van der Waals surface area contributed by atoms with Crippen LogP contribution in [0, 0.1) is 0 Å². The minimum absolute atomic E-state index is 0.00102. The van der Waals surface area contributed by atoms with E-state index in [1.165, 1.54) is 30.4 Å². The van der Waals surface area contributed by atoms with E-state index in [9.17, 15) is 13.8 Å². The van der Waals surface area contributed by atoms with Crippen LogP contribution < -0.4 is 0 Å². The second-order valence-corrected chi connectivity index (χ2v) is 17.5. The number of rotatable bonds is 10. The Kier molecular flexibility index (Phi) is 11.2. The maximum absolute atomic E-state index is 14.4. The van der Waals surface area contributed by atoms with Crippen molar-refractivity contribution in [1.82, 2.24) is 4.98 Å². The first-order valence-electron chi connectivity index (χ1n) is 15.1. The Morgan fingerprint density at radius 1 is 1.02 bits per heavy atom. The summed E-state index contributed by atoms with van der Waals surface area (Å²) in [4.78, 5) is 31.0. The third kappa shape index (κ3) is 9.45. The van der Waals surface area contributed by atoms with Gasteiger partial charge in [-0.3, -0.25) is 9.59 Å². The predicted molar refractivity (Wildman–Crippen MR) is 171 cm³/mol. The van der Waals surface area contributed by atoms with Gasteiger partial charge in [0, 0.05) is 5.41 Å². The second kappa shape index (κ2) is 13.7. The molecule has 0 bridgehead atoms. The first-order chi connectivity index (χ1) is 19.4. The van der Waals surface area contributed by atoms with E-state index >= 15 is 0 Å². The number of hydrogen-bond donors (Lipinski definition) is 0. The molecule has 2 aromatic rings. The van der Waals surface area contributed by atoms with E-state index < -0.39 is 33.0 Å². The van der Waals surface area contributed by atoms with Gasteiger partial charge in [-0.25, -0.2) is 9.19 Å². The highest BCUT2D eigenvalue weighted by molar-refractivity contribution is 7.96. The molecule has 7 nitrogen and oxygen atoms in total. The van der Waals surface area contributed by atoms with Gasteiger partial charge >= 0.3 is 5.97 Å². The summed E-state index contributed by atoms with van der Waals surface area (Å²) in [6.45, 7) is 20.3. The molecule has 42 heavy (non-hydrogen) atoms. The van der Waals surface area contributed by atoms with Crippen LogP contribution in [0.5, 0.6) is 0 Å².